The third-order valence-corrected chi connectivity index (χ3v) is 6.70. The van der Waals surface area contributed by atoms with E-state index < -0.39 is 17.9 Å². The molecule has 0 saturated carbocycles. The first kappa shape index (κ1) is 25.2. The summed E-state index contributed by atoms with van der Waals surface area (Å²) in [6.07, 6.45) is 4.00. The normalized spacial score (nSPS) is 20.8. The first-order chi connectivity index (χ1) is 17.4. The maximum Gasteiger partial charge on any atom is 0.330 e. The Hall–Kier alpha value is -3.94. The molecule has 2 N–H and O–H groups in total. The summed E-state index contributed by atoms with van der Waals surface area (Å²) in [4.78, 5) is 58.4. The number of carbonyl (C=O) groups excluding carboxylic acids is 4. The minimum absolute atomic E-state index is 0.00940. The van der Waals surface area contributed by atoms with E-state index in [1.807, 2.05) is 6.07 Å². The second kappa shape index (κ2) is 11.2. The molecule has 3 aliphatic rings. The number of methoxy groups -OCH3 is 1. The SMILES string of the molecule is COC(=O)C(C#N)C(=NC1CCCCN(CC(=O)N2CCCC2)C1=O)Nc1cccc2c1NC(=O)C2. The van der Waals surface area contributed by atoms with Crippen LogP contribution < -0.4 is 10.6 Å². The summed E-state index contributed by atoms with van der Waals surface area (Å²) < 4.78 is 4.81. The highest BCUT2D eigenvalue weighted by Gasteiger charge is 2.33. The predicted molar refractivity (Wildman–Crippen MR) is 131 cm³/mol. The number of hydrogen-bond acceptors (Lipinski definition) is 7. The molecule has 0 bridgehead atoms. The Morgan fingerprint density at radius 2 is 1.97 bits per heavy atom. The number of rotatable bonds is 6. The van der Waals surface area contributed by atoms with Crippen molar-refractivity contribution in [2.75, 3.05) is 43.9 Å². The number of nitrogens with one attached hydrogen (secondary N) is 2. The predicted octanol–water partition coefficient (Wildman–Crippen LogP) is 1.31. The highest BCUT2D eigenvalue weighted by atomic mass is 16.5. The summed E-state index contributed by atoms with van der Waals surface area (Å²) in [7, 11) is 1.17. The highest BCUT2D eigenvalue weighted by molar-refractivity contribution is 6.13. The summed E-state index contributed by atoms with van der Waals surface area (Å²) >= 11 is 0. The number of nitriles is 1. The number of fused-ring (bicyclic) bond motifs is 1. The van der Waals surface area contributed by atoms with Gasteiger partial charge in [-0.05, 0) is 43.7 Å². The fraction of sp³-hybridized carbons (Fsp3) is 0.520. The number of benzene rings is 1. The van der Waals surface area contributed by atoms with Crippen molar-refractivity contribution in [3.05, 3.63) is 23.8 Å². The molecule has 0 aliphatic carbocycles. The second-order valence-corrected chi connectivity index (χ2v) is 9.15. The summed E-state index contributed by atoms with van der Waals surface area (Å²) in [5.41, 5.74) is 1.78. The lowest BCUT2D eigenvalue weighted by Gasteiger charge is -2.25. The average molecular weight is 495 g/mol. The Bertz CT molecular complexity index is 1120. The Kier molecular flexibility index (Phi) is 7.83. The molecule has 2 fully saturated rings. The van der Waals surface area contributed by atoms with Crippen LogP contribution in [0.5, 0.6) is 0 Å². The zero-order chi connectivity index (χ0) is 25.7. The monoisotopic (exact) mass is 494 g/mol. The number of hydrogen-bond donors (Lipinski definition) is 2. The Balaban J connectivity index is 1.62. The Morgan fingerprint density at radius 3 is 2.69 bits per heavy atom. The molecule has 3 aliphatic heterocycles. The zero-order valence-electron chi connectivity index (χ0n) is 20.3. The lowest BCUT2D eigenvalue weighted by Crippen LogP contribution is -2.45. The van der Waals surface area contributed by atoms with Crippen molar-refractivity contribution >= 4 is 40.9 Å². The van der Waals surface area contributed by atoms with Crippen LogP contribution in [-0.2, 0) is 30.3 Å². The number of para-hydroxylation sites is 1. The number of likely N-dealkylation sites (tertiary alicyclic amines) is 2. The van der Waals surface area contributed by atoms with Crippen LogP contribution in [0, 0.1) is 17.2 Å². The minimum atomic E-state index is -1.40. The van der Waals surface area contributed by atoms with Crippen LogP contribution in [0.2, 0.25) is 0 Å². The topological polar surface area (TPSA) is 144 Å². The molecular formula is C25H30N6O5. The van der Waals surface area contributed by atoms with Gasteiger partial charge in [-0.15, -0.1) is 0 Å². The van der Waals surface area contributed by atoms with Gasteiger partial charge in [-0.3, -0.25) is 24.2 Å². The summed E-state index contributed by atoms with van der Waals surface area (Å²) in [5, 5.41) is 15.6. The van der Waals surface area contributed by atoms with Crippen LogP contribution in [0.1, 0.15) is 37.7 Å². The van der Waals surface area contributed by atoms with Crippen LogP contribution in [0.15, 0.2) is 23.2 Å². The molecule has 1 aromatic rings. The number of esters is 1. The molecule has 4 rings (SSSR count). The lowest BCUT2D eigenvalue weighted by atomic mass is 10.1. The lowest BCUT2D eigenvalue weighted by molar-refractivity contribution is -0.141. The van der Waals surface area contributed by atoms with Crippen molar-refractivity contribution in [2.24, 2.45) is 10.9 Å². The van der Waals surface area contributed by atoms with E-state index in [4.69, 9.17) is 4.74 Å². The molecule has 0 spiro atoms. The Labute approximate surface area is 209 Å². The molecule has 2 saturated heterocycles. The van der Waals surface area contributed by atoms with Crippen molar-refractivity contribution in [1.82, 2.24) is 9.80 Å². The van der Waals surface area contributed by atoms with Gasteiger partial charge in [-0.25, -0.2) is 0 Å². The number of ether oxygens (including phenoxy) is 1. The quantitative estimate of drug-likeness (QED) is 0.345. The molecule has 11 heteroatoms. The van der Waals surface area contributed by atoms with Gasteiger partial charge in [0.1, 0.15) is 11.9 Å². The molecule has 2 atom stereocenters. The summed E-state index contributed by atoms with van der Waals surface area (Å²) in [5.74, 6) is -2.82. The molecule has 0 radical (unpaired) electrons. The molecule has 3 heterocycles. The number of anilines is 2. The first-order valence-electron chi connectivity index (χ1n) is 12.2. The highest BCUT2D eigenvalue weighted by Crippen LogP contribution is 2.32. The van der Waals surface area contributed by atoms with Gasteiger partial charge in [-0.1, -0.05) is 12.1 Å². The number of aliphatic imine (C=N–C) groups is 1. The van der Waals surface area contributed by atoms with Gasteiger partial charge in [0.2, 0.25) is 23.6 Å². The third kappa shape index (κ3) is 5.48. The minimum Gasteiger partial charge on any atom is -0.468 e. The molecule has 2 unspecified atom stereocenters. The molecule has 190 valence electrons. The molecule has 11 nitrogen and oxygen atoms in total. The number of amides is 3. The van der Waals surface area contributed by atoms with Crippen molar-refractivity contribution in [2.45, 2.75) is 44.6 Å². The van der Waals surface area contributed by atoms with Crippen molar-refractivity contribution in [3.8, 4) is 6.07 Å². The number of nitrogens with zero attached hydrogens (tertiary/aromatic N) is 4. The molecular weight excluding hydrogens is 464 g/mol. The van der Waals surface area contributed by atoms with Crippen LogP contribution in [0.4, 0.5) is 11.4 Å². The van der Waals surface area contributed by atoms with E-state index in [0.29, 0.717) is 43.9 Å². The Morgan fingerprint density at radius 1 is 1.22 bits per heavy atom. The largest absolute Gasteiger partial charge is 0.468 e. The molecule has 3 amide bonds. The van der Waals surface area contributed by atoms with Crippen LogP contribution in [-0.4, -0.2) is 78.7 Å². The number of carbonyl (C=O) groups is 4. The first-order valence-corrected chi connectivity index (χ1v) is 12.2. The van der Waals surface area contributed by atoms with E-state index in [0.717, 1.165) is 24.8 Å². The van der Waals surface area contributed by atoms with Gasteiger partial charge in [0.05, 0.1) is 37.5 Å². The van der Waals surface area contributed by atoms with Crippen molar-refractivity contribution < 1.29 is 23.9 Å². The van der Waals surface area contributed by atoms with Gasteiger partial charge >= 0.3 is 5.97 Å². The van der Waals surface area contributed by atoms with Gasteiger partial charge in [0, 0.05) is 19.6 Å². The van der Waals surface area contributed by atoms with E-state index in [-0.39, 0.29) is 36.5 Å². The summed E-state index contributed by atoms with van der Waals surface area (Å²) in [6.45, 7) is 1.85. The van der Waals surface area contributed by atoms with Crippen LogP contribution >= 0.6 is 0 Å². The average Bonchev–Trinajstić information content (AvgIpc) is 3.51. The fourth-order valence-corrected chi connectivity index (χ4v) is 4.78. The van der Waals surface area contributed by atoms with E-state index in [2.05, 4.69) is 15.6 Å². The van der Waals surface area contributed by atoms with Gasteiger partial charge < -0.3 is 25.2 Å². The molecule has 36 heavy (non-hydrogen) atoms. The van der Waals surface area contributed by atoms with Gasteiger partial charge in [0.25, 0.3) is 0 Å². The van der Waals surface area contributed by atoms with Gasteiger partial charge in [0.15, 0.2) is 0 Å². The third-order valence-electron chi connectivity index (χ3n) is 6.70. The van der Waals surface area contributed by atoms with Crippen molar-refractivity contribution in [1.29, 1.82) is 5.26 Å². The maximum absolute atomic E-state index is 13.4. The van der Waals surface area contributed by atoms with E-state index in [9.17, 15) is 24.4 Å². The summed E-state index contributed by atoms with van der Waals surface area (Å²) in [6, 6.07) is 6.30. The number of amidine groups is 1. The van der Waals surface area contributed by atoms with E-state index >= 15 is 0 Å². The van der Waals surface area contributed by atoms with Crippen LogP contribution in [0.25, 0.3) is 0 Å². The van der Waals surface area contributed by atoms with Crippen molar-refractivity contribution in [3.63, 3.8) is 0 Å². The van der Waals surface area contributed by atoms with E-state index in [1.165, 1.54) is 12.0 Å². The zero-order valence-corrected chi connectivity index (χ0v) is 20.3. The molecule has 0 aromatic heterocycles. The second-order valence-electron chi connectivity index (χ2n) is 9.15. The maximum atomic E-state index is 13.4. The fourth-order valence-electron chi connectivity index (χ4n) is 4.78. The van der Waals surface area contributed by atoms with Crippen LogP contribution in [0.3, 0.4) is 0 Å². The standard InChI is InChI=1S/C25H30N6O5/c1-36-25(35)17(14-26)23(27-18-9-6-7-16-13-20(32)29-22(16)18)28-19-8-2-3-12-31(24(19)34)15-21(33)30-10-4-5-11-30/h6-7,9,17,19H,2-5,8,10-13,15H2,1H3,(H,27,28)(H,29,32). The molecule has 1 aromatic carbocycles. The van der Waals surface area contributed by atoms with E-state index in [1.54, 1.807) is 23.1 Å². The van der Waals surface area contributed by atoms with Gasteiger partial charge in [-0.2, -0.15) is 5.26 Å². The smallest absolute Gasteiger partial charge is 0.330 e.